The van der Waals surface area contributed by atoms with E-state index in [1.165, 1.54) is 6.07 Å². The van der Waals surface area contributed by atoms with Crippen molar-refractivity contribution in [1.82, 2.24) is 0 Å². The van der Waals surface area contributed by atoms with Gasteiger partial charge >= 0.3 is 5.63 Å². The molecule has 0 aliphatic rings. The first kappa shape index (κ1) is 13.4. The summed E-state index contributed by atoms with van der Waals surface area (Å²) >= 11 is 5.73. The number of benzene rings is 1. The minimum Gasteiger partial charge on any atom is -0.507 e. The second kappa shape index (κ2) is 4.90. The van der Waals surface area contributed by atoms with Gasteiger partial charge in [-0.3, -0.25) is 4.79 Å². The first-order valence-electron chi connectivity index (χ1n) is 5.51. The van der Waals surface area contributed by atoms with Crippen LogP contribution in [-0.4, -0.2) is 11.4 Å². The van der Waals surface area contributed by atoms with Gasteiger partial charge in [-0.15, -0.1) is 0 Å². The number of allylic oxidation sites excluding steroid dienone is 1. The Bertz CT molecular complexity index is 743. The van der Waals surface area contributed by atoms with E-state index in [1.807, 2.05) is 0 Å². The molecule has 0 aliphatic carbocycles. The Hall–Kier alpha value is -2.07. The highest BCUT2D eigenvalue weighted by molar-refractivity contribution is 6.29. The zero-order valence-electron chi connectivity index (χ0n) is 10.2. The summed E-state index contributed by atoms with van der Waals surface area (Å²) in [6.07, 6.45) is 0.684. The molecule has 0 fully saturated rings. The number of carbonyl (C=O) groups is 1. The van der Waals surface area contributed by atoms with Gasteiger partial charge < -0.3 is 9.52 Å². The molecule has 0 amide bonds. The number of aldehydes is 1. The number of hydrogen-bond donors (Lipinski definition) is 1. The molecular formula is C14H11ClO4. The van der Waals surface area contributed by atoms with Gasteiger partial charge in [0.2, 0.25) is 0 Å². The molecule has 1 aromatic heterocycles. The fourth-order valence-electron chi connectivity index (χ4n) is 1.97. The molecule has 0 bridgehead atoms. The van der Waals surface area contributed by atoms with Crippen LogP contribution in [0.3, 0.4) is 0 Å². The standard InChI is InChI=1S/C14H11ClO4/c1-7-3-12(17)19-14-10(7)5-9(4-8(2)15)13(18)11(14)6-16/h3,5-6,18H,2,4H2,1H3. The van der Waals surface area contributed by atoms with Crippen LogP contribution >= 0.6 is 11.6 Å². The molecule has 1 heterocycles. The number of rotatable bonds is 3. The number of hydrogen-bond acceptors (Lipinski definition) is 4. The van der Waals surface area contributed by atoms with Crippen molar-refractivity contribution < 1.29 is 14.3 Å². The summed E-state index contributed by atoms with van der Waals surface area (Å²) in [5, 5.41) is 10.9. The SMILES string of the molecule is C=C(Cl)Cc1cc2c(C)cc(=O)oc2c(C=O)c1O. The van der Waals surface area contributed by atoms with E-state index in [1.54, 1.807) is 13.0 Å². The smallest absolute Gasteiger partial charge is 0.336 e. The molecule has 0 atom stereocenters. The lowest BCUT2D eigenvalue weighted by molar-refractivity contribution is 0.112. The molecule has 0 saturated heterocycles. The summed E-state index contributed by atoms with van der Waals surface area (Å²) in [4.78, 5) is 22.5. The molecule has 1 aromatic carbocycles. The summed E-state index contributed by atoms with van der Waals surface area (Å²) < 4.78 is 5.00. The number of aryl methyl sites for hydroxylation is 1. The number of halogens is 1. The van der Waals surface area contributed by atoms with Gasteiger partial charge in [0.25, 0.3) is 0 Å². The summed E-state index contributed by atoms with van der Waals surface area (Å²) in [5.74, 6) is -0.238. The van der Waals surface area contributed by atoms with Crippen LogP contribution in [0.25, 0.3) is 11.0 Å². The molecule has 0 aliphatic heterocycles. The maximum atomic E-state index is 11.3. The Kier molecular flexibility index (Phi) is 3.44. The average Bonchev–Trinajstić information content (AvgIpc) is 2.31. The summed E-state index contributed by atoms with van der Waals surface area (Å²) in [5.41, 5.74) is 0.594. The van der Waals surface area contributed by atoms with Gasteiger partial charge in [0, 0.05) is 28.5 Å². The largest absolute Gasteiger partial charge is 0.507 e. The molecule has 2 rings (SSSR count). The predicted molar refractivity (Wildman–Crippen MR) is 73.0 cm³/mol. The van der Waals surface area contributed by atoms with E-state index in [9.17, 15) is 14.7 Å². The van der Waals surface area contributed by atoms with E-state index >= 15 is 0 Å². The van der Waals surface area contributed by atoms with Crippen molar-refractivity contribution in [3.63, 3.8) is 0 Å². The van der Waals surface area contributed by atoms with Crippen LogP contribution in [0.4, 0.5) is 0 Å². The Balaban J connectivity index is 2.90. The van der Waals surface area contributed by atoms with E-state index in [0.29, 0.717) is 27.8 Å². The van der Waals surface area contributed by atoms with Crippen molar-refractivity contribution in [3.05, 3.63) is 50.9 Å². The Morgan fingerprint density at radius 1 is 1.53 bits per heavy atom. The fraction of sp³-hybridized carbons (Fsp3) is 0.143. The first-order chi connectivity index (χ1) is 8.93. The normalized spacial score (nSPS) is 10.6. The first-order valence-corrected chi connectivity index (χ1v) is 5.89. The van der Waals surface area contributed by atoms with Crippen molar-refractivity contribution in [2.24, 2.45) is 0 Å². The average molecular weight is 279 g/mol. The number of aromatic hydroxyl groups is 1. The molecule has 0 radical (unpaired) electrons. The van der Waals surface area contributed by atoms with E-state index in [2.05, 4.69) is 6.58 Å². The van der Waals surface area contributed by atoms with Gasteiger partial charge in [-0.2, -0.15) is 0 Å². The van der Waals surface area contributed by atoms with Crippen LogP contribution < -0.4 is 5.63 Å². The van der Waals surface area contributed by atoms with Crippen molar-refractivity contribution in [1.29, 1.82) is 0 Å². The van der Waals surface area contributed by atoms with Crippen LogP contribution in [0, 0.1) is 6.92 Å². The lowest BCUT2D eigenvalue weighted by Crippen LogP contribution is -2.01. The third-order valence-corrected chi connectivity index (χ3v) is 2.96. The quantitative estimate of drug-likeness (QED) is 0.692. The van der Waals surface area contributed by atoms with Gasteiger partial charge in [0.05, 0.1) is 5.56 Å². The molecule has 5 heteroatoms. The number of fused-ring (bicyclic) bond motifs is 1. The molecule has 2 aromatic rings. The van der Waals surface area contributed by atoms with Crippen molar-refractivity contribution in [2.45, 2.75) is 13.3 Å². The number of carbonyl (C=O) groups excluding carboxylic acids is 1. The van der Waals surface area contributed by atoms with Crippen molar-refractivity contribution in [2.75, 3.05) is 0 Å². The highest BCUT2D eigenvalue weighted by Crippen LogP contribution is 2.32. The second-order valence-electron chi connectivity index (χ2n) is 4.23. The van der Waals surface area contributed by atoms with Gasteiger partial charge in [-0.25, -0.2) is 4.79 Å². The summed E-state index contributed by atoms with van der Waals surface area (Å²) in [6.45, 7) is 5.28. The maximum Gasteiger partial charge on any atom is 0.336 e. The minimum atomic E-state index is -0.568. The lowest BCUT2D eigenvalue weighted by atomic mass is 10.0. The van der Waals surface area contributed by atoms with E-state index in [-0.39, 0.29) is 23.3 Å². The molecule has 4 nitrogen and oxygen atoms in total. The predicted octanol–water partition coefficient (Wildman–Crippen LogP) is 2.91. The minimum absolute atomic E-state index is 0.0498. The number of phenols is 1. The monoisotopic (exact) mass is 278 g/mol. The van der Waals surface area contributed by atoms with Crippen molar-refractivity contribution >= 4 is 28.9 Å². The second-order valence-corrected chi connectivity index (χ2v) is 4.77. The van der Waals surface area contributed by atoms with Crippen LogP contribution in [0.5, 0.6) is 5.75 Å². The molecule has 1 N–H and O–H groups in total. The van der Waals surface area contributed by atoms with E-state index < -0.39 is 5.63 Å². The summed E-state index contributed by atoms with van der Waals surface area (Å²) in [7, 11) is 0. The highest BCUT2D eigenvalue weighted by atomic mass is 35.5. The molecule has 98 valence electrons. The van der Waals surface area contributed by atoms with Gasteiger partial charge in [-0.05, 0) is 18.6 Å². The molecule has 0 saturated carbocycles. The Morgan fingerprint density at radius 2 is 2.21 bits per heavy atom. The zero-order valence-corrected chi connectivity index (χ0v) is 11.0. The van der Waals surface area contributed by atoms with Crippen LogP contribution in [0.1, 0.15) is 21.5 Å². The molecule has 0 spiro atoms. The fourth-order valence-corrected chi connectivity index (χ4v) is 2.12. The Morgan fingerprint density at radius 3 is 2.79 bits per heavy atom. The number of phenolic OH excluding ortho intramolecular Hbond substituents is 1. The zero-order chi connectivity index (χ0) is 14.2. The lowest BCUT2D eigenvalue weighted by Gasteiger charge is -2.10. The molecule has 19 heavy (non-hydrogen) atoms. The van der Waals surface area contributed by atoms with Crippen LogP contribution in [0.2, 0.25) is 0 Å². The summed E-state index contributed by atoms with van der Waals surface area (Å²) in [6, 6.07) is 2.97. The molecular weight excluding hydrogens is 268 g/mol. The van der Waals surface area contributed by atoms with E-state index in [0.717, 1.165) is 0 Å². The van der Waals surface area contributed by atoms with Crippen molar-refractivity contribution in [3.8, 4) is 5.75 Å². The highest BCUT2D eigenvalue weighted by Gasteiger charge is 2.16. The van der Waals surface area contributed by atoms with Crippen LogP contribution in [0.15, 0.2) is 33.0 Å². The third-order valence-electron chi connectivity index (χ3n) is 2.83. The van der Waals surface area contributed by atoms with Gasteiger partial charge in [0.15, 0.2) is 11.9 Å². The van der Waals surface area contributed by atoms with Gasteiger partial charge in [-0.1, -0.05) is 18.2 Å². The maximum absolute atomic E-state index is 11.3. The van der Waals surface area contributed by atoms with Crippen LogP contribution in [-0.2, 0) is 6.42 Å². The molecule has 0 unspecified atom stereocenters. The van der Waals surface area contributed by atoms with Gasteiger partial charge in [0.1, 0.15) is 5.75 Å². The Labute approximate surface area is 113 Å². The van der Waals surface area contributed by atoms with E-state index in [4.69, 9.17) is 16.0 Å². The third kappa shape index (κ3) is 2.39. The topological polar surface area (TPSA) is 67.5 Å².